The zero-order valence-electron chi connectivity index (χ0n) is 15.5. The molecule has 0 bridgehead atoms. The van der Waals surface area contributed by atoms with Gasteiger partial charge in [-0.15, -0.1) is 0 Å². The third kappa shape index (κ3) is 17.0. The van der Waals surface area contributed by atoms with Gasteiger partial charge in [-0.05, 0) is 44.9 Å². The maximum Gasteiger partial charge on any atom is 0.306 e. The number of rotatable bonds is 15. The van der Waals surface area contributed by atoms with E-state index in [2.05, 4.69) is 55.5 Å². The van der Waals surface area contributed by atoms with Crippen LogP contribution >= 0.6 is 0 Å². The molecule has 25 heavy (non-hydrogen) atoms. The van der Waals surface area contributed by atoms with Crippen LogP contribution in [0.2, 0.25) is 0 Å². The molecule has 0 saturated carbocycles. The summed E-state index contributed by atoms with van der Waals surface area (Å²) in [5.41, 5.74) is 0. The molecule has 0 spiro atoms. The SMILES string of the molecule is CC/C=C\C/C=C\C/C=C\C/C=C\CCCCC(=O)OC(CO)CO. The highest BCUT2D eigenvalue weighted by Gasteiger charge is 2.11. The Balaban J connectivity index is 3.53. The molecule has 0 atom stereocenters. The van der Waals surface area contributed by atoms with Crippen molar-refractivity contribution < 1.29 is 19.7 Å². The molecule has 142 valence electrons. The highest BCUT2D eigenvalue weighted by molar-refractivity contribution is 5.69. The average molecular weight is 350 g/mol. The molecule has 0 saturated heterocycles. The van der Waals surface area contributed by atoms with Crippen molar-refractivity contribution in [3.63, 3.8) is 0 Å². The van der Waals surface area contributed by atoms with E-state index >= 15 is 0 Å². The van der Waals surface area contributed by atoms with Gasteiger partial charge in [-0.3, -0.25) is 4.79 Å². The highest BCUT2D eigenvalue weighted by atomic mass is 16.6. The fourth-order valence-electron chi connectivity index (χ4n) is 2.01. The maximum absolute atomic E-state index is 11.4. The van der Waals surface area contributed by atoms with Crippen molar-refractivity contribution in [2.45, 2.75) is 64.4 Å². The standard InChI is InChI=1S/C21H34O4/c1-2-3-4-5-6-7-8-9-10-11-12-13-14-15-16-17-21(24)25-20(18-22)19-23/h3-4,6-7,9-10,12-13,20,22-23H,2,5,8,11,14-19H2,1H3/b4-3-,7-6-,10-9-,13-12-. The van der Waals surface area contributed by atoms with E-state index in [9.17, 15) is 4.79 Å². The van der Waals surface area contributed by atoms with Crippen molar-refractivity contribution in [3.8, 4) is 0 Å². The van der Waals surface area contributed by atoms with Gasteiger partial charge in [-0.2, -0.15) is 0 Å². The molecule has 0 aliphatic rings. The number of carbonyl (C=O) groups is 1. The average Bonchev–Trinajstić information content (AvgIpc) is 2.62. The van der Waals surface area contributed by atoms with Crippen molar-refractivity contribution in [1.29, 1.82) is 0 Å². The van der Waals surface area contributed by atoms with E-state index in [1.807, 2.05) is 0 Å². The van der Waals surface area contributed by atoms with Crippen LogP contribution < -0.4 is 0 Å². The van der Waals surface area contributed by atoms with Crippen molar-refractivity contribution in [2.75, 3.05) is 13.2 Å². The second kappa shape index (κ2) is 18.7. The van der Waals surface area contributed by atoms with Crippen LogP contribution in [-0.2, 0) is 9.53 Å². The Morgan fingerprint density at radius 2 is 1.36 bits per heavy atom. The van der Waals surface area contributed by atoms with E-state index in [1.165, 1.54) is 0 Å². The Hall–Kier alpha value is -1.65. The summed E-state index contributed by atoms with van der Waals surface area (Å²) in [4.78, 5) is 11.4. The molecule has 0 fully saturated rings. The van der Waals surface area contributed by atoms with Gasteiger partial charge in [-0.1, -0.05) is 55.5 Å². The van der Waals surface area contributed by atoms with Crippen molar-refractivity contribution >= 4 is 5.97 Å². The molecule has 0 unspecified atom stereocenters. The van der Waals surface area contributed by atoms with Crippen LogP contribution in [0.25, 0.3) is 0 Å². The quantitative estimate of drug-likeness (QED) is 0.263. The smallest absolute Gasteiger partial charge is 0.306 e. The Bertz CT molecular complexity index is 418. The second-order valence-corrected chi connectivity index (χ2v) is 5.72. The number of ether oxygens (including phenoxy) is 1. The summed E-state index contributed by atoms with van der Waals surface area (Å²) in [5.74, 6) is -0.363. The van der Waals surface area contributed by atoms with Gasteiger partial charge in [0, 0.05) is 6.42 Å². The number of hydrogen-bond donors (Lipinski definition) is 2. The minimum Gasteiger partial charge on any atom is -0.457 e. The molecule has 4 heteroatoms. The number of hydrogen-bond acceptors (Lipinski definition) is 4. The van der Waals surface area contributed by atoms with Gasteiger partial charge in [0.05, 0.1) is 13.2 Å². The molecule has 0 aromatic rings. The Morgan fingerprint density at radius 1 is 0.840 bits per heavy atom. The van der Waals surface area contributed by atoms with Crippen molar-refractivity contribution in [2.24, 2.45) is 0 Å². The molecular weight excluding hydrogens is 316 g/mol. The predicted molar refractivity (Wildman–Crippen MR) is 103 cm³/mol. The number of aliphatic hydroxyl groups is 2. The zero-order valence-corrected chi connectivity index (χ0v) is 15.5. The summed E-state index contributed by atoms with van der Waals surface area (Å²) in [6.45, 7) is 1.45. The Labute approximate surface area is 152 Å². The summed E-state index contributed by atoms with van der Waals surface area (Å²) >= 11 is 0. The van der Waals surface area contributed by atoms with Crippen LogP contribution in [-0.4, -0.2) is 35.5 Å². The molecule has 2 N–H and O–H groups in total. The maximum atomic E-state index is 11.4. The molecule has 0 heterocycles. The van der Waals surface area contributed by atoms with Crippen LogP contribution in [0.4, 0.5) is 0 Å². The van der Waals surface area contributed by atoms with Crippen LogP contribution in [0, 0.1) is 0 Å². The zero-order chi connectivity index (χ0) is 18.6. The summed E-state index contributed by atoms with van der Waals surface area (Å²) in [6, 6.07) is 0. The molecule has 0 aromatic heterocycles. The van der Waals surface area contributed by atoms with Gasteiger partial charge in [-0.25, -0.2) is 0 Å². The molecule has 0 radical (unpaired) electrons. The number of unbranched alkanes of at least 4 members (excludes halogenated alkanes) is 2. The number of esters is 1. The Kier molecular flexibility index (Phi) is 17.5. The molecule has 0 aromatic carbocycles. The van der Waals surface area contributed by atoms with E-state index in [0.717, 1.165) is 44.9 Å². The molecule has 0 aliphatic heterocycles. The first-order valence-electron chi connectivity index (χ1n) is 9.25. The predicted octanol–water partition coefficient (Wildman–Crippen LogP) is 4.25. The lowest BCUT2D eigenvalue weighted by molar-refractivity contribution is -0.153. The van der Waals surface area contributed by atoms with E-state index < -0.39 is 6.10 Å². The van der Waals surface area contributed by atoms with Crippen LogP contribution in [0.15, 0.2) is 48.6 Å². The normalized spacial score (nSPS) is 12.5. The monoisotopic (exact) mass is 350 g/mol. The lowest BCUT2D eigenvalue weighted by Gasteiger charge is -2.12. The van der Waals surface area contributed by atoms with Gasteiger partial charge in [0.25, 0.3) is 0 Å². The largest absolute Gasteiger partial charge is 0.457 e. The highest BCUT2D eigenvalue weighted by Crippen LogP contribution is 2.04. The van der Waals surface area contributed by atoms with E-state index in [0.29, 0.717) is 6.42 Å². The van der Waals surface area contributed by atoms with Gasteiger partial charge in [0.1, 0.15) is 6.10 Å². The van der Waals surface area contributed by atoms with Crippen LogP contribution in [0.1, 0.15) is 58.3 Å². The van der Waals surface area contributed by atoms with Crippen molar-refractivity contribution in [3.05, 3.63) is 48.6 Å². The minimum absolute atomic E-state index is 0.323. The summed E-state index contributed by atoms with van der Waals surface area (Å²) in [5, 5.41) is 17.6. The molecule has 0 amide bonds. The summed E-state index contributed by atoms with van der Waals surface area (Å²) < 4.78 is 4.89. The van der Waals surface area contributed by atoms with E-state index in [1.54, 1.807) is 0 Å². The van der Waals surface area contributed by atoms with E-state index in [-0.39, 0.29) is 19.2 Å². The van der Waals surface area contributed by atoms with Gasteiger partial charge < -0.3 is 14.9 Å². The number of aliphatic hydroxyl groups excluding tert-OH is 2. The topological polar surface area (TPSA) is 66.8 Å². The first kappa shape index (κ1) is 23.4. The lowest BCUT2D eigenvalue weighted by Crippen LogP contribution is -2.25. The van der Waals surface area contributed by atoms with E-state index in [4.69, 9.17) is 14.9 Å². The van der Waals surface area contributed by atoms with Gasteiger partial charge >= 0.3 is 5.97 Å². The molecular formula is C21H34O4. The van der Waals surface area contributed by atoms with Gasteiger partial charge in [0.2, 0.25) is 0 Å². The first-order valence-corrected chi connectivity index (χ1v) is 9.25. The Morgan fingerprint density at radius 3 is 1.88 bits per heavy atom. The first-order chi connectivity index (χ1) is 12.2. The van der Waals surface area contributed by atoms with Crippen LogP contribution in [0.5, 0.6) is 0 Å². The third-order valence-electron chi connectivity index (χ3n) is 3.43. The van der Waals surface area contributed by atoms with Crippen LogP contribution in [0.3, 0.4) is 0 Å². The third-order valence-corrected chi connectivity index (χ3v) is 3.43. The lowest BCUT2D eigenvalue weighted by atomic mass is 10.2. The molecule has 0 rings (SSSR count). The number of carbonyl (C=O) groups excluding carboxylic acids is 1. The summed E-state index contributed by atoms with van der Waals surface area (Å²) in [7, 11) is 0. The molecule has 0 aliphatic carbocycles. The fraction of sp³-hybridized carbons (Fsp3) is 0.571. The summed E-state index contributed by atoms with van der Waals surface area (Å²) in [6.07, 6.45) is 23.5. The molecule has 4 nitrogen and oxygen atoms in total. The van der Waals surface area contributed by atoms with Gasteiger partial charge in [0.15, 0.2) is 0 Å². The second-order valence-electron chi connectivity index (χ2n) is 5.72. The van der Waals surface area contributed by atoms with Crippen molar-refractivity contribution in [1.82, 2.24) is 0 Å². The number of allylic oxidation sites excluding steroid dienone is 8. The minimum atomic E-state index is -0.790. The fourth-order valence-corrected chi connectivity index (χ4v) is 2.01.